The third kappa shape index (κ3) is 4.94. The smallest absolute Gasteiger partial charge is 0.0558 e. The molecule has 0 amide bonds. The van der Waals surface area contributed by atoms with Crippen LogP contribution in [-0.4, -0.2) is 54.7 Å². The molecule has 0 radical (unpaired) electrons. The minimum atomic E-state index is 0.261. The van der Waals surface area contributed by atoms with Crippen LogP contribution in [0.15, 0.2) is 30.3 Å². The molecule has 0 bridgehead atoms. The second kappa shape index (κ2) is 7.63. The van der Waals surface area contributed by atoms with Crippen molar-refractivity contribution in [3.05, 3.63) is 35.9 Å². The van der Waals surface area contributed by atoms with Crippen LogP contribution >= 0.6 is 0 Å². The van der Waals surface area contributed by atoms with Gasteiger partial charge in [-0.05, 0) is 37.9 Å². The minimum absolute atomic E-state index is 0.261. The highest BCUT2D eigenvalue weighted by atomic mass is 16.3. The Labute approximate surface area is 116 Å². The Morgan fingerprint density at radius 3 is 2.84 bits per heavy atom. The van der Waals surface area contributed by atoms with Crippen molar-refractivity contribution in [2.75, 3.05) is 39.8 Å². The number of piperidine rings is 1. The molecule has 106 valence electrons. The first-order chi connectivity index (χ1) is 9.28. The molecule has 0 spiro atoms. The molecule has 0 unspecified atom stereocenters. The normalized spacial score (nSPS) is 20.9. The summed E-state index contributed by atoms with van der Waals surface area (Å²) in [4.78, 5) is 4.81. The fraction of sp³-hybridized carbons (Fsp3) is 0.625. The summed E-state index contributed by atoms with van der Waals surface area (Å²) in [7, 11) is 2.10. The van der Waals surface area contributed by atoms with Crippen LogP contribution in [0.4, 0.5) is 0 Å². The van der Waals surface area contributed by atoms with Crippen molar-refractivity contribution in [3.63, 3.8) is 0 Å². The predicted molar refractivity (Wildman–Crippen MR) is 79.0 cm³/mol. The van der Waals surface area contributed by atoms with Gasteiger partial charge in [0.2, 0.25) is 0 Å². The Kier molecular flexibility index (Phi) is 5.83. The summed E-state index contributed by atoms with van der Waals surface area (Å²) in [5, 5.41) is 8.96. The predicted octanol–water partition coefficient (Wildman–Crippen LogP) is 1.82. The number of likely N-dealkylation sites (N-methyl/N-ethyl adjacent to an activating group) is 1. The van der Waals surface area contributed by atoms with Gasteiger partial charge in [0.1, 0.15) is 0 Å². The molecule has 1 fully saturated rings. The van der Waals surface area contributed by atoms with E-state index in [2.05, 4.69) is 47.2 Å². The Morgan fingerprint density at radius 2 is 2.11 bits per heavy atom. The Morgan fingerprint density at radius 1 is 1.32 bits per heavy atom. The molecular formula is C16H26N2O. The third-order valence-electron chi connectivity index (χ3n) is 3.90. The van der Waals surface area contributed by atoms with E-state index in [0.717, 1.165) is 25.6 Å². The maximum atomic E-state index is 8.96. The number of hydrogen-bond donors (Lipinski definition) is 1. The number of aliphatic hydroxyl groups is 1. The van der Waals surface area contributed by atoms with Crippen molar-refractivity contribution in [2.45, 2.75) is 19.4 Å². The average molecular weight is 262 g/mol. The summed E-state index contributed by atoms with van der Waals surface area (Å²) in [5.74, 6) is 0.744. The third-order valence-corrected chi connectivity index (χ3v) is 3.90. The lowest BCUT2D eigenvalue weighted by atomic mass is 9.97. The lowest BCUT2D eigenvalue weighted by molar-refractivity contribution is 0.128. The van der Waals surface area contributed by atoms with Gasteiger partial charge in [-0.25, -0.2) is 0 Å². The molecule has 3 heteroatoms. The van der Waals surface area contributed by atoms with Crippen LogP contribution in [0.2, 0.25) is 0 Å². The van der Waals surface area contributed by atoms with E-state index in [-0.39, 0.29) is 6.61 Å². The number of likely N-dealkylation sites (tertiary alicyclic amines) is 1. The molecule has 19 heavy (non-hydrogen) atoms. The summed E-state index contributed by atoms with van der Waals surface area (Å²) in [6.45, 7) is 5.62. The maximum absolute atomic E-state index is 8.96. The van der Waals surface area contributed by atoms with Crippen molar-refractivity contribution < 1.29 is 5.11 Å². The zero-order valence-electron chi connectivity index (χ0n) is 12.0. The second-order valence-electron chi connectivity index (χ2n) is 5.71. The zero-order chi connectivity index (χ0) is 13.5. The van der Waals surface area contributed by atoms with E-state index < -0.39 is 0 Å². The van der Waals surface area contributed by atoms with Crippen LogP contribution in [0.3, 0.4) is 0 Å². The van der Waals surface area contributed by atoms with E-state index in [4.69, 9.17) is 5.11 Å². The van der Waals surface area contributed by atoms with Crippen molar-refractivity contribution in [1.29, 1.82) is 0 Å². The molecule has 0 aromatic heterocycles. The van der Waals surface area contributed by atoms with E-state index in [1.807, 2.05) is 0 Å². The van der Waals surface area contributed by atoms with Crippen molar-refractivity contribution in [3.8, 4) is 0 Å². The van der Waals surface area contributed by atoms with E-state index in [9.17, 15) is 0 Å². The SMILES string of the molecule is CN(CCO)C[C@H]1CCCN(Cc2ccccc2)C1. The molecule has 2 rings (SSSR count). The molecule has 1 aromatic carbocycles. The quantitative estimate of drug-likeness (QED) is 0.847. The number of benzene rings is 1. The van der Waals surface area contributed by atoms with E-state index in [1.165, 1.54) is 31.5 Å². The van der Waals surface area contributed by atoms with Gasteiger partial charge in [-0.15, -0.1) is 0 Å². The van der Waals surface area contributed by atoms with Gasteiger partial charge in [-0.3, -0.25) is 4.90 Å². The average Bonchev–Trinajstić information content (AvgIpc) is 2.40. The highest BCUT2D eigenvalue weighted by Gasteiger charge is 2.20. The summed E-state index contributed by atoms with van der Waals surface area (Å²) < 4.78 is 0. The summed E-state index contributed by atoms with van der Waals surface area (Å²) in [6, 6.07) is 10.7. The minimum Gasteiger partial charge on any atom is -0.395 e. The topological polar surface area (TPSA) is 26.7 Å². The van der Waals surface area contributed by atoms with Crippen molar-refractivity contribution in [2.24, 2.45) is 5.92 Å². The van der Waals surface area contributed by atoms with E-state index >= 15 is 0 Å². The van der Waals surface area contributed by atoms with Gasteiger partial charge in [0.05, 0.1) is 6.61 Å². The van der Waals surface area contributed by atoms with Gasteiger partial charge in [0.15, 0.2) is 0 Å². The molecule has 1 aliphatic heterocycles. The van der Waals surface area contributed by atoms with Crippen LogP contribution in [0.5, 0.6) is 0 Å². The number of aliphatic hydroxyl groups excluding tert-OH is 1. The summed E-state index contributed by atoms with van der Waals surface area (Å²) >= 11 is 0. The van der Waals surface area contributed by atoms with Gasteiger partial charge >= 0.3 is 0 Å². The van der Waals surface area contributed by atoms with Crippen molar-refractivity contribution >= 4 is 0 Å². The van der Waals surface area contributed by atoms with Gasteiger partial charge < -0.3 is 10.0 Å². The van der Waals surface area contributed by atoms with Gasteiger partial charge in [0, 0.05) is 26.2 Å². The van der Waals surface area contributed by atoms with E-state index in [1.54, 1.807) is 0 Å². The number of rotatable bonds is 6. The molecule has 1 aliphatic rings. The fourth-order valence-electron chi connectivity index (χ4n) is 2.99. The Balaban J connectivity index is 1.80. The molecule has 1 atom stereocenters. The Bertz CT molecular complexity index is 355. The number of hydrogen-bond acceptors (Lipinski definition) is 3. The standard InChI is InChI=1S/C16H26N2O/c1-17(10-11-19)12-16-8-5-9-18(14-16)13-15-6-3-2-4-7-15/h2-4,6-7,16,19H,5,8-14H2,1H3/t16-/m1/s1. The van der Waals surface area contributed by atoms with Crippen LogP contribution in [-0.2, 0) is 6.54 Å². The van der Waals surface area contributed by atoms with Gasteiger partial charge in [-0.1, -0.05) is 30.3 Å². The second-order valence-corrected chi connectivity index (χ2v) is 5.71. The van der Waals surface area contributed by atoms with Crippen LogP contribution < -0.4 is 0 Å². The first-order valence-electron chi connectivity index (χ1n) is 7.33. The lowest BCUT2D eigenvalue weighted by Crippen LogP contribution is -2.40. The number of nitrogens with zero attached hydrogens (tertiary/aromatic N) is 2. The summed E-state index contributed by atoms with van der Waals surface area (Å²) in [6.07, 6.45) is 2.62. The summed E-state index contributed by atoms with van der Waals surface area (Å²) in [5.41, 5.74) is 1.41. The van der Waals surface area contributed by atoms with E-state index in [0.29, 0.717) is 0 Å². The van der Waals surface area contributed by atoms with Crippen LogP contribution in [0.1, 0.15) is 18.4 Å². The molecule has 3 nitrogen and oxygen atoms in total. The largest absolute Gasteiger partial charge is 0.395 e. The van der Waals surface area contributed by atoms with Gasteiger partial charge in [-0.2, -0.15) is 0 Å². The molecule has 1 N–H and O–H groups in total. The molecule has 1 saturated heterocycles. The highest BCUT2D eigenvalue weighted by molar-refractivity contribution is 5.14. The lowest BCUT2D eigenvalue weighted by Gasteiger charge is -2.34. The highest BCUT2D eigenvalue weighted by Crippen LogP contribution is 2.19. The first kappa shape index (κ1) is 14.5. The zero-order valence-corrected chi connectivity index (χ0v) is 12.0. The monoisotopic (exact) mass is 262 g/mol. The Hall–Kier alpha value is -0.900. The molecule has 1 aromatic rings. The van der Waals surface area contributed by atoms with Gasteiger partial charge in [0.25, 0.3) is 0 Å². The van der Waals surface area contributed by atoms with Crippen LogP contribution in [0.25, 0.3) is 0 Å². The molecular weight excluding hydrogens is 236 g/mol. The molecule has 1 heterocycles. The fourth-order valence-corrected chi connectivity index (χ4v) is 2.99. The maximum Gasteiger partial charge on any atom is 0.0558 e. The molecule has 0 saturated carbocycles. The van der Waals surface area contributed by atoms with Crippen LogP contribution in [0, 0.1) is 5.92 Å². The molecule has 0 aliphatic carbocycles. The van der Waals surface area contributed by atoms with Crippen molar-refractivity contribution in [1.82, 2.24) is 9.80 Å². The first-order valence-corrected chi connectivity index (χ1v) is 7.33.